The summed E-state index contributed by atoms with van der Waals surface area (Å²) in [7, 11) is 1.59. The van der Waals surface area contributed by atoms with Gasteiger partial charge in [-0.15, -0.1) is 15.7 Å². The fourth-order valence-electron chi connectivity index (χ4n) is 3.29. The molecular weight excluding hydrogens is 479 g/mol. The van der Waals surface area contributed by atoms with Crippen molar-refractivity contribution in [3.05, 3.63) is 64.0 Å². The van der Waals surface area contributed by atoms with E-state index >= 15 is 0 Å². The Bertz CT molecular complexity index is 1270. The van der Waals surface area contributed by atoms with Gasteiger partial charge >= 0.3 is 5.97 Å². The van der Waals surface area contributed by atoms with Gasteiger partial charge in [0.25, 0.3) is 10.0 Å². The molecule has 2 aromatic carbocycles. The molecular formula is C23H24BClN2O4S2. The predicted octanol–water partition coefficient (Wildman–Crippen LogP) is 4.32. The number of esters is 1. The molecule has 1 aromatic heterocycles. The quantitative estimate of drug-likeness (QED) is 0.198. The molecule has 6 nitrogen and oxygen atoms in total. The average molecular weight is 503 g/mol. The fourth-order valence-corrected chi connectivity index (χ4v) is 5.65. The Hall–Kier alpha value is -2.62. The lowest BCUT2D eigenvalue weighted by Gasteiger charge is -2.09. The molecule has 3 aromatic rings. The number of carbonyl (C=O) groups excluding carboxylic acids is 1. The molecule has 33 heavy (non-hydrogen) atoms. The molecule has 10 heteroatoms. The molecule has 1 heterocycles. The number of ether oxygens (including phenoxy) is 1. The van der Waals surface area contributed by atoms with Crippen molar-refractivity contribution in [2.24, 2.45) is 4.40 Å². The van der Waals surface area contributed by atoms with Crippen LogP contribution in [0.2, 0.25) is 5.02 Å². The van der Waals surface area contributed by atoms with E-state index in [-0.39, 0.29) is 11.5 Å². The summed E-state index contributed by atoms with van der Waals surface area (Å²) >= 11 is 7.42. The van der Waals surface area contributed by atoms with Crippen LogP contribution in [0.1, 0.15) is 22.2 Å². The van der Waals surface area contributed by atoms with Crippen LogP contribution < -0.4 is 0 Å². The molecule has 0 aliphatic rings. The highest BCUT2D eigenvalue weighted by Gasteiger charge is 2.25. The second-order valence-corrected chi connectivity index (χ2v) is 10.5. The molecule has 0 aliphatic heterocycles. The summed E-state index contributed by atoms with van der Waals surface area (Å²) in [5.41, 5.74) is 3.44. The van der Waals surface area contributed by atoms with E-state index in [0.717, 1.165) is 27.1 Å². The Morgan fingerprint density at radius 2 is 1.73 bits per heavy atom. The Kier molecular flexibility index (Phi) is 7.99. The van der Waals surface area contributed by atoms with E-state index in [4.69, 9.17) is 16.3 Å². The summed E-state index contributed by atoms with van der Waals surface area (Å²) in [6, 6.07) is 13.9. The van der Waals surface area contributed by atoms with Gasteiger partial charge in [0.1, 0.15) is 19.1 Å². The molecule has 0 N–H and O–H groups in total. The van der Waals surface area contributed by atoms with E-state index in [1.807, 2.05) is 32.1 Å². The van der Waals surface area contributed by atoms with Gasteiger partial charge in [-0.2, -0.15) is 8.42 Å². The van der Waals surface area contributed by atoms with Crippen molar-refractivity contribution in [3.63, 3.8) is 0 Å². The minimum atomic E-state index is -3.82. The topological polar surface area (TPSA) is 76.0 Å². The Labute approximate surface area is 204 Å². The van der Waals surface area contributed by atoms with Crippen LogP contribution in [0, 0.1) is 0 Å². The third-order valence-electron chi connectivity index (χ3n) is 4.79. The van der Waals surface area contributed by atoms with Gasteiger partial charge in [0.15, 0.2) is 0 Å². The SMILES string of the molecule is BCc1c(-c2ccc(Cl)cc2)sc(C(=O)OCC)c1-c1ccc(S(=O)(=O)/N=C\N(C)C)cc1. The Balaban J connectivity index is 2.14. The number of benzene rings is 2. The molecule has 0 aliphatic carbocycles. The van der Waals surface area contributed by atoms with Gasteiger partial charge in [-0.1, -0.05) is 42.2 Å². The van der Waals surface area contributed by atoms with Gasteiger partial charge in [0, 0.05) is 29.6 Å². The van der Waals surface area contributed by atoms with Crippen LogP contribution in [0.25, 0.3) is 21.6 Å². The molecule has 0 fully saturated rings. The van der Waals surface area contributed by atoms with Crippen LogP contribution in [-0.4, -0.2) is 54.2 Å². The Morgan fingerprint density at radius 3 is 2.27 bits per heavy atom. The van der Waals surface area contributed by atoms with Crippen molar-refractivity contribution in [2.75, 3.05) is 20.7 Å². The number of sulfonamides is 1. The van der Waals surface area contributed by atoms with Crippen LogP contribution in [0.4, 0.5) is 0 Å². The molecule has 0 radical (unpaired) electrons. The molecule has 0 spiro atoms. The summed E-state index contributed by atoms with van der Waals surface area (Å²) in [5, 5.41) is 0.632. The van der Waals surface area contributed by atoms with Gasteiger partial charge in [-0.05, 0) is 47.9 Å². The molecule has 172 valence electrons. The number of rotatable bonds is 8. The van der Waals surface area contributed by atoms with Crippen LogP contribution >= 0.6 is 22.9 Å². The maximum absolute atomic E-state index is 12.8. The summed E-state index contributed by atoms with van der Waals surface area (Å²) in [6.45, 7) is 2.02. The molecule has 0 bridgehead atoms. The van der Waals surface area contributed by atoms with Crippen LogP contribution in [-0.2, 0) is 21.1 Å². The number of hydrogen-bond acceptors (Lipinski definition) is 5. The summed E-state index contributed by atoms with van der Waals surface area (Å²) in [5.74, 6) is -0.403. The molecule has 3 rings (SSSR count). The lowest BCUT2D eigenvalue weighted by Crippen LogP contribution is -2.10. The lowest BCUT2D eigenvalue weighted by atomic mass is 9.88. The zero-order valence-corrected chi connectivity index (χ0v) is 21.2. The average Bonchev–Trinajstić information content (AvgIpc) is 3.18. The molecule has 0 saturated carbocycles. The first-order valence-corrected chi connectivity index (χ1v) is 13.0. The van der Waals surface area contributed by atoms with E-state index < -0.39 is 16.0 Å². The van der Waals surface area contributed by atoms with Gasteiger partial charge in [0.2, 0.25) is 0 Å². The normalized spacial score (nSPS) is 11.6. The largest absolute Gasteiger partial charge is 0.462 e. The lowest BCUT2D eigenvalue weighted by molar-refractivity contribution is 0.0533. The first-order valence-electron chi connectivity index (χ1n) is 10.3. The van der Waals surface area contributed by atoms with E-state index in [1.54, 1.807) is 38.1 Å². The van der Waals surface area contributed by atoms with Crippen molar-refractivity contribution in [3.8, 4) is 21.6 Å². The third kappa shape index (κ3) is 5.66. The van der Waals surface area contributed by atoms with Gasteiger partial charge < -0.3 is 9.64 Å². The highest BCUT2D eigenvalue weighted by molar-refractivity contribution is 7.90. The van der Waals surface area contributed by atoms with Crippen molar-refractivity contribution < 1.29 is 17.9 Å². The van der Waals surface area contributed by atoms with E-state index in [2.05, 4.69) is 4.40 Å². The number of hydrogen-bond donors (Lipinski definition) is 0. The molecule has 0 atom stereocenters. The predicted molar refractivity (Wildman–Crippen MR) is 138 cm³/mol. The monoisotopic (exact) mass is 502 g/mol. The molecule has 0 amide bonds. The van der Waals surface area contributed by atoms with Crippen molar-refractivity contribution in [1.82, 2.24) is 4.90 Å². The van der Waals surface area contributed by atoms with Gasteiger partial charge in [-0.3, -0.25) is 0 Å². The van der Waals surface area contributed by atoms with Crippen LogP contribution in [0.3, 0.4) is 0 Å². The second-order valence-electron chi connectivity index (χ2n) is 7.38. The molecule has 0 saturated heterocycles. The van der Waals surface area contributed by atoms with Gasteiger partial charge in [0.05, 0.1) is 11.5 Å². The highest BCUT2D eigenvalue weighted by Crippen LogP contribution is 2.43. The van der Waals surface area contributed by atoms with Crippen molar-refractivity contribution in [1.29, 1.82) is 0 Å². The first-order chi connectivity index (χ1) is 15.7. The highest BCUT2D eigenvalue weighted by atomic mass is 35.5. The maximum atomic E-state index is 12.8. The maximum Gasteiger partial charge on any atom is 0.348 e. The van der Waals surface area contributed by atoms with Crippen LogP contribution in [0.15, 0.2) is 57.8 Å². The minimum absolute atomic E-state index is 0.0771. The zero-order chi connectivity index (χ0) is 24.2. The number of carbonyl (C=O) groups is 1. The zero-order valence-electron chi connectivity index (χ0n) is 18.8. The van der Waals surface area contributed by atoms with Crippen molar-refractivity contribution >= 4 is 53.1 Å². The minimum Gasteiger partial charge on any atom is -0.462 e. The second kappa shape index (κ2) is 10.5. The summed E-state index contributed by atoms with van der Waals surface area (Å²) < 4.78 is 33.9. The van der Waals surface area contributed by atoms with E-state index in [9.17, 15) is 13.2 Å². The summed E-state index contributed by atoms with van der Waals surface area (Å²) in [4.78, 5) is 15.9. The Morgan fingerprint density at radius 1 is 1.12 bits per heavy atom. The molecule has 0 unspecified atom stereocenters. The van der Waals surface area contributed by atoms with E-state index in [1.165, 1.54) is 29.8 Å². The van der Waals surface area contributed by atoms with Gasteiger partial charge in [-0.25, -0.2) is 4.79 Å². The standard InChI is InChI=1S/C23H24BClN2O4S2/c1-4-31-23(28)22-20(19(13-24)21(32-22)16-5-9-17(25)10-6-16)15-7-11-18(12-8-15)33(29,30)26-14-27(2)3/h5-12,14H,4,13,24H2,1-3H3/b26-14-. The number of halogens is 1. The van der Waals surface area contributed by atoms with Crippen molar-refractivity contribution in [2.45, 2.75) is 18.1 Å². The fraction of sp³-hybridized carbons (Fsp3) is 0.217. The van der Waals surface area contributed by atoms with Crippen LogP contribution in [0.5, 0.6) is 0 Å². The smallest absolute Gasteiger partial charge is 0.348 e. The van der Waals surface area contributed by atoms with E-state index in [0.29, 0.717) is 16.2 Å². The third-order valence-corrected chi connectivity index (χ3v) is 7.54. The number of thiophene rings is 1. The summed E-state index contributed by atoms with van der Waals surface area (Å²) in [6.07, 6.45) is 1.92. The first kappa shape index (κ1) is 25.0. The number of nitrogens with zero attached hydrogens (tertiary/aromatic N) is 2.